The minimum Gasteiger partial charge on any atom is -0.467 e. The fourth-order valence-electron chi connectivity index (χ4n) is 1.43. The molecule has 0 radical (unpaired) electrons. The SMILES string of the molecule is COC(=O)C(F)C1CCCNC1. The molecule has 0 aromatic heterocycles. The predicted molar refractivity (Wildman–Crippen MR) is 42.5 cm³/mol. The Morgan fingerprint density at radius 3 is 3.00 bits per heavy atom. The van der Waals surface area contributed by atoms with Crippen LogP contribution in [0.2, 0.25) is 0 Å². The van der Waals surface area contributed by atoms with Crippen LogP contribution < -0.4 is 5.32 Å². The van der Waals surface area contributed by atoms with Crippen LogP contribution in [-0.4, -0.2) is 32.3 Å². The highest BCUT2D eigenvalue weighted by molar-refractivity contribution is 5.74. The summed E-state index contributed by atoms with van der Waals surface area (Å²) in [6.07, 6.45) is 0.244. The molecule has 0 spiro atoms. The number of carbonyl (C=O) groups is 1. The van der Waals surface area contributed by atoms with Gasteiger partial charge in [0.2, 0.25) is 6.17 Å². The standard InChI is InChI=1S/C8H14FNO2/c1-12-8(11)7(9)6-3-2-4-10-5-6/h6-7,10H,2-5H2,1H3. The van der Waals surface area contributed by atoms with Gasteiger partial charge in [0, 0.05) is 12.5 Å². The molecule has 1 saturated heterocycles. The van der Waals surface area contributed by atoms with Gasteiger partial charge in [0.1, 0.15) is 0 Å². The summed E-state index contributed by atoms with van der Waals surface area (Å²) in [5.74, 6) is -0.949. The number of esters is 1. The third kappa shape index (κ3) is 2.17. The molecule has 1 aliphatic rings. The van der Waals surface area contributed by atoms with Crippen molar-refractivity contribution in [3.05, 3.63) is 0 Å². The van der Waals surface area contributed by atoms with Crippen LogP contribution in [0, 0.1) is 5.92 Å². The van der Waals surface area contributed by atoms with Crippen molar-refractivity contribution in [2.75, 3.05) is 20.2 Å². The third-order valence-corrected chi connectivity index (χ3v) is 2.18. The van der Waals surface area contributed by atoms with E-state index < -0.39 is 12.1 Å². The van der Waals surface area contributed by atoms with Crippen LogP contribution in [0.5, 0.6) is 0 Å². The van der Waals surface area contributed by atoms with Gasteiger partial charge < -0.3 is 10.1 Å². The molecule has 3 nitrogen and oxygen atoms in total. The zero-order chi connectivity index (χ0) is 8.97. The van der Waals surface area contributed by atoms with Crippen LogP contribution in [0.25, 0.3) is 0 Å². The van der Waals surface area contributed by atoms with Crippen molar-refractivity contribution in [2.24, 2.45) is 5.92 Å². The Balaban J connectivity index is 2.39. The second-order valence-electron chi connectivity index (χ2n) is 3.03. The van der Waals surface area contributed by atoms with Gasteiger partial charge in [0.15, 0.2) is 0 Å². The maximum absolute atomic E-state index is 13.2. The zero-order valence-electron chi connectivity index (χ0n) is 7.18. The highest BCUT2D eigenvalue weighted by Crippen LogP contribution is 2.17. The smallest absolute Gasteiger partial charge is 0.340 e. The molecule has 1 rings (SSSR count). The summed E-state index contributed by atoms with van der Waals surface area (Å²) in [6, 6.07) is 0. The number of methoxy groups -OCH3 is 1. The van der Waals surface area contributed by atoms with Gasteiger partial charge in [-0.2, -0.15) is 0 Å². The van der Waals surface area contributed by atoms with Gasteiger partial charge in [-0.1, -0.05) is 0 Å². The first kappa shape index (κ1) is 9.45. The van der Waals surface area contributed by atoms with Gasteiger partial charge in [0.05, 0.1) is 7.11 Å². The number of halogens is 1. The van der Waals surface area contributed by atoms with Gasteiger partial charge in [-0.15, -0.1) is 0 Å². The van der Waals surface area contributed by atoms with Crippen LogP contribution in [-0.2, 0) is 9.53 Å². The van der Waals surface area contributed by atoms with E-state index in [4.69, 9.17) is 0 Å². The summed E-state index contributed by atoms with van der Waals surface area (Å²) >= 11 is 0. The Labute approximate surface area is 71.3 Å². The van der Waals surface area contributed by atoms with Crippen molar-refractivity contribution in [1.29, 1.82) is 0 Å². The number of nitrogens with one attached hydrogen (secondary N) is 1. The Morgan fingerprint density at radius 1 is 1.75 bits per heavy atom. The van der Waals surface area contributed by atoms with E-state index in [1.54, 1.807) is 0 Å². The normalized spacial score (nSPS) is 26.3. The molecular weight excluding hydrogens is 161 g/mol. The van der Waals surface area contributed by atoms with Crippen LogP contribution in [0.3, 0.4) is 0 Å². The van der Waals surface area contributed by atoms with E-state index in [-0.39, 0.29) is 5.92 Å². The largest absolute Gasteiger partial charge is 0.467 e. The highest BCUT2D eigenvalue weighted by Gasteiger charge is 2.29. The second-order valence-corrected chi connectivity index (χ2v) is 3.03. The van der Waals surface area contributed by atoms with Crippen molar-refractivity contribution in [3.63, 3.8) is 0 Å². The van der Waals surface area contributed by atoms with Gasteiger partial charge in [-0.25, -0.2) is 9.18 Å². The van der Waals surface area contributed by atoms with E-state index in [9.17, 15) is 9.18 Å². The maximum Gasteiger partial charge on any atom is 0.340 e. The number of rotatable bonds is 2. The van der Waals surface area contributed by atoms with Crippen molar-refractivity contribution >= 4 is 5.97 Å². The van der Waals surface area contributed by atoms with E-state index in [2.05, 4.69) is 10.1 Å². The minimum atomic E-state index is -1.46. The summed E-state index contributed by atoms with van der Waals surface area (Å²) in [7, 11) is 1.21. The van der Waals surface area contributed by atoms with Gasteiger partial charge >= 0.3 is 5.97 Å². The number of hydrogen-bond acceptors (Lipinski definition) is 3. The lowest BCUT2D eigenvalue weighted by molar-refractivity contribution is -0.148. The van der Waals surface area contributed by atoms with Gasteiger partial charge in [-0.3, -0.25) is 0 Å². The molecular formula is C8H14FNO2. The summed E-state index contributed by atoms with van der Waals surface area (Å²) in [6.45, 7) is 1.50. The lowest BCUT2D eigenvalue weighted by Crippen LogP contribution is -2.38. The summed E-state index contributed by atoms with van der Waals surface area (Å²) in [5.41, 5.74) is 0. The fraction of sp³-hybridized carbons (Fsp3) is 0.875. The van der Waals surface area contributed by atoms with Gasteiger partial charge in [0.25, 0.3) is 0 Å². The minimum absolute atomic E-state index is 0.203. The van der Waals surface area contributed by atoms with E-state index in [0.29, 0.717) is 6.54 Å². The monoisotopic (exact) mass is 175 g/mol. The first-order chi connectivity index (χ1) is 5.75. The Hall–Kier alpha value is -0.640. The molecule has 0 saturated carbocycles. The van der Waals surface area contributed by atoms with Crippen molar-refractivity contribution in [2.45, 2.75) is 19.0 Å². The number of carbonyl (C=O) groups excluding carboxylic acids is 1. The Kier molecular flexibility index (Phi) is 3.47. The van der Waals surface area contributed by atoms with Crippen LogP contribution in [0.1, 0.15) is 12.8 Å². The molecule has 4 heteroatoms. The van der Waals surface area contributed by atoms with Crippen molar-refractivity contribution in [3.8, 4) is 0 Å². The molecule has 0 amide bonds. The van der Waals surface area contributed by atoms with Crippen LogP contribution >= 0.6 is 0 Å². The summed E-state index contributed by atoms with van der Waals surface area (Å²) < 4.78 is 17.5. The van der Waals surface area contributed by atoms with Gasteiger partial charge in [-0.05, 0) is 19.4 Å². The molecule has 2 unspecified atom stereocenters. The second kappa shape index (κ2) is 4.40. The number of hydrogen-bond donors (Lipinski definition) is 1. The molecule has 70 valence electrons. The molecule has 12 heavy (non-hydrogen) atoms. The fourth-order valence-corrected chi connectivity index (χ4v) is 1.43. The average molecular weight is 175 g/mol. The predicted octanol–water partition coefficient (Wildman–Crippen LogP) is 0.497. The zero-order valence-corrected chi connectivity index (χ0v) is 7.18. The van der Waals surface area contributed by atoms with Crippen molar-refractivity contribution < 1.29 is 13.9 Å². The lowest BCUT2D eigenvalue weighted by Gasteiger charge is -2.24. The molecule has 0 bridgehead atoms. The van der Waals surface area contributed by atoms with Crippen LogP contribution in [0.4, 0.5) is 4.39 Å². The summed E-state index contributed by atoms with van der Waals surface area (Å²) in [5, 5.41) is 3.05. The first-order valence-corrected chi connectivity index (χ1v) is 4.18. The average Bonchev–Trinajstić information content (AvgIpc) is 2.17. The quantitative estimate of drug-likeness (QED) is 0.621. The third-order valence-electron chi connectivity index (χ3n) is 2.18. The Morgan fingerprint density at radius 2 is 2.50 bits per heavy atom. The molecule has 0 aromatic carbocycles. The van der Waals surface area contributed by atoms with E-state index >= 15 is 0 Å². The number of ether oxygens (including phenoxy) is 1. The molecule has 1 aliphatic heterocycles. The molecule has 1 N–H and O–H groups in total. The lowest BCUT2D eigenvalue weighted by atomic mass is 9.95. The molecule has 0 aliphatic carbocycles. The van der Waals surface area contributed by atoms with E-state index in [1.807, 2.05) is 0 Å². The molecule has 0 aromatic rings. The molecule has 2 atom stereocenters. The first-order valence-electron chi connectivity index (χ1n) is 4.18. The van der Waals surface area contributed by atoms with E-state index in [1.165, 1.54) is 7.11 Å². The van der Waals surface area contributed by atoms with Crippen molar-refractivity contribution in [1.82, 2.24) is 5.32 Å². The Bertz CT molecular complexity index is 157. The number of alkyl halides is 1. The van der Waals surface area contributed by atoms with E-state index in [0.717, 1.165) is 19.4 Å². The number of piperidine rings is 1. The molecule has 1 fully saturated rings. The highest BCUT2D eigenvalue weighted by atomic mass is 19.1. The maximum atomic E-state index is 13.2. The molecule has 1 heterocycles. The van der Waals surface area contributed by atoms with Crippen LogP contribution in [0.15, 0.2) is 0 Å². The summed E-state index contributed by atoms with van der Waals surface area (Å²) in [4.78, 5) is 10.8. The topological polar surface area (TPSA) is 38.3 Å².